The normalized spacial score (nSPS) is 21.5. The van der Waals surface area contributed by atoms with Gasteiger partial charge in [0.15, 0.2) is 9.84 Å². The number of aldehydes is 1. The third-order valence-electron chi connectivity index (χ3n) is 5.93. The van der Waals surface area contributed by atoms with E-state index in [0.717, 1.165) is 18.2 Å². The fourth-order valence-corrected chi connectivity index (χ4v) is 6.45. The van der Waals surface area contributed by atoms with E-state index in [1.807, 2.05) is 0 Å². The largest absolute Gasteiger partial charge is 0.466 e. The molecule has 0 saturated heterocycles. The molecule has 8 heteroatoms. The zero-order valence-corrected chi connectivity index (χ0v) is 18.0. The molecular formula is C23H24F2O5S. The van der Waals surface area contributed by atoms with Crippen LogP contribution in [0.4, 0.5) is 8.78 Å². The Morgan fingerprint density at radius 1 is 1.13 bits per heavy atom. The summed E-state index contributed by atoms with van der Waals surface area (Å²) in [4.78, 5) is 22.7. The van der Waals surface area contributed by atoms with E-state index in [1.54, 1.807) is 6.92 Å². The Morgan fingerprint density at radius 3 is 2.35 bits per heavy atom. The molecule has 3 rings (SSSR count). The van der Waals surface area contributed by atoms with Crippen LogP contribution in [0.5, 0.6) is 0 Å². The Bertz CT molecular complexity index is 1060. The van der Waals surface area contributed by atoms with Gasteiger partial charge in [-0.3, -0.25) is 9.59 Å². The highest BCUT2D eigenvalue weighted by Crippen LogP contribution is 2.49. The molecule has 166 valence electrons. The molecule has 0 amide bonds. The number of rotatable bonds is 7. The molecule has 0 radical (unpaired) electrons. The average molecular weight is 451 g/mol. The van der Waals surface area contributed by atoms with Gasteiger partial charge in [0, 0.05) is 17.5 Å². The van der Waals surface area contributed by atoms with E-state index < -0.39 is 26.2 Å². The smallest absolute Gasteiger partial charge is 0.306 e. The van der Waals surface area contributed by atoms with Crippen molar-refractivity contribution in [2.75, 3.05) is 6.61 Å². The summed E-state index contributed by atoms with van der Waals surface area (Å²) in [5, 5.41) is 0. The summed E-state index contributed by atoms with van der Waals surface area (Å²) in [5.41, 5.74) is 0.102. The molecule has 1 fully saturated rings. The van der Waals surface area contributed by atoms with Crippen molar-refractivity contribution in [1.82, 2.24) is 0 Å². The van der Waals surface area contributed by atoms with E-state index in [2.05, 4.69) is 0 Å². The first-order valence-corrected chi connectivity index (χ1v) is 11.6. The first-order chi connectivity index (χ1) is 14.7. The lowest BCUT2D eigenvalue weighted by Gasteiger charge is -2.40. The fourth-order valence-electron chi connectivity index (χ4n) is 4.28. The van der Waals surface area contributed by atoms with Crippen LogP contribution in [-0.2, 0) is 24.1 Å². The highest BCUT2D eigenvalue weighted by atomic mass is 32.2. The molecule has 0 heterocycles. The van der Waals surface area contributed by atoms with Crippen LogP contribution in [0.25, 0.3) is 0 Å². The Kier molecular flexibility index (Phi) is 6.89. The molecule has 0 aliphatic heterocycles. The first kappa shape index (κ1) is 23.1. The van der Waals surface area contributed by atoms with Crippen LogP contribution in [0.15, 0.2) is 47.4 Å². The summed E-state index contributed by atoms with van der Waals surface area (Å²) in [7, 11) is -4.14. The number of esters is 1. The molecule has 1 aliphatic rings. The molecule has 1 aliphatic carbocycles. The molecular weight excluding hydrogens is 426 g/mol. The Hall–Kier alpha value is -2.61. The van der Waals surface area contributed by atoms with Gasteiger partial charge in [-0.05, 0) is 68.9 Å². The second-order valence-corrected chi connectivity index (χ2v) is 10.0. The van der Waals surface area contributed by atoms with Crippen molar-refractivity contribution in [2.24, 2.45) is 5.92 Å². The molecule has 2 aromatic carbocycles. The number of hydrogen-bond acceptors (Lipinski definition) is 5. The van der Waals surface area contributed by atoms with Crippen molar-refractivity contribution in [1.29, 1.82) is 0 Å². The Morgan fingerprint density at radius 2 is 1.77 bits per heavy atom. The topological polar surface area (TPSA) is 77.5 Å². The van der Waals surface area contributed by atoms with Crippen LogP contribution in [0.3, 0.4) is 0 Å². The number of ether oxygens (including phenoxy) is 1. The lowest BCUT2D eigenvalue weighted by molar-refractivity contribution is -0.144. The molecule has 0 bridgehead atoms. The van der Waals surface area contributed by atoms with Crippen molar-refractivity contribution in [3.8, 4) is 0 Å². The highest BCUT2D eigenvalue weighted by Gasteiger charge is 2.50. The van der Waals surface area contributed by atoms with Gasteiger partial charge in [-0.2, -0.15) is 0 Å². The number of carbonyl (C=O) groups excluding carboxylic acids is 2. The first-order valence-electron chi connectivity index (χ1n) is 10.1. The minimum Gasteiger partial charge on any atom is -0.466 e. The molecule has 0 aromatic heterocycles. The average Bonchev–Trinajstić information content (AvgIpc) is 2.76. The van der Waals surface area contributed by atoms with Crippen LogP contribution < -0.4 is 0 Å². The van der Waals surface area contributed by atoms with Gasteiger partial charge < -0.3 is 4.74 Å². The van der Waals surface area contributed by atoms with E-state index in [-0.39, 0.29) is 48.2 Å². The van der Waals surface area contributed by atoms with E-state index in [4.69, 9.17) is 4.74 Å². The zero-order valence-electron chi connectivity index (χ0n) is 17.1. The maximum Gasteiger partial charge on any atom is 0.306 e. The number of halogens is 2. The summed E-state index contributed by atoms with van der Waals surface area (Å²) in [6.45, 7) is 1.97. The van der Waals surface area contributed by atoms with Crippen LogP contribution >= 0.6 is 0 Å². The quantitative estimate of drug-likeness (QED) is 0.456. The number of hydrogen-bond donors (Lipinski definition) is 0. The van der Waals surface area contributed by atoms with Crippen LogP contribution in [0, 0.1) is 17.6 Å². The summed E-state index contributed by atoms with van der Waals surface area (Å²) in [6, 6.07) is 8.19. The Balaban J connectivity index is 2.03. The van der Waals surface area contributed by atoms with Gasteiger partial charge in [-0.25, -0.2) is 17.2 Å². The van der Waals surface area contributed by atoms with Crippen LogP contribution in [-0.4, -0.2) is 27.3 Å². The zero-order chi connectivity index (χ0) is 22.6. The molecule has 2 aromatic rings. The van der Waals surface area contributed by atoms with Gasteiger partial charge in [0.2, 0.25) is 0 Å². The van der Waals surface area contributed by atoms with Crippen molar-refractivity contribution in [2.45, 2.75) is 48.7 Å². The number of carbonyl (C=O) groups is 2. The summed E-state index contributed by atoms with van der Waals surface area (Å²) < 4.78 is 59.6. The van der Waals surface area contributed by atoms with Gasteiger partial charge >= 0.3 is 5.97 Å². The van der Waals surface area contributed by atoms with Crippen molar-refractivity contribution in [3.63, 3.8) is 0 Å². The maximum atomic E-state index is 14.8. The van der Waals surface area contributed by atoms with Gasteiger partial charge in [0.1, 0.15) is 22.7 Å². The monoisotopic (exact) mass is 450 g/mol. The minimum absolute atomic E-state index is 0.0369. The van der Waals surface area contributed by atoms with E-state index >= 15 is 0 Å². The van der Waals surface area contributed by atoms with Crippen molar-refractivity contribution < 1.29 is 31.5 Å². The lowest BCUT2D eigenvalue weighted by Crippen LogP contribution is -2.41. The van der Waals surface area contributed by atoms with Gasteiger partial charge in [-0.1, -0.05) is 12.1 Å². The van der Waals surface area contributed by atoms with Gasteiger partial charge in [0.25, 0.3) is 0 Å². The molecule has 0 atom stereocenters. The van der Waals surface area contributed by atoms with E-state index in [0.29, 0.717) is 24.7 Å². The molecule has 0 spiro atoms. The van der Waals surface area contributed by atoms with Gasteiger partial charge in [0.05, 0.1) is 11.5 Å². The molecule has 31 heavy (non-hydrogen) atoms. The Labute approximate surface area is 180 Å². The SMILES string of the molecule is CCOC(=O)CC1CCC(c2cc(F)ccc2F)(S(=O)(=O)c2ccc(C=O)cc2)CC1. The van der Waals surface area contributed by atoms with E-state index in [1.165, 1.54) is 24.3 Å². The third kappa shape index (κ3) is 4.54. The lowest BCUT2D eigenvalue weighted by atomic mass is 9.76. The van der Waals surface area contributed by atoms with Crippen LogP contribution in [0.1, 0.15) is 54.9 Å². The summed E-state index contributed by atoms with van der Waals surface area (Å²) >= 11 is 0. The summed E-state index contributed by atoms with van der Waals surface area (Å²) in [5.74, 6) is -1.98. The standard InChI is InChI=1S/C23H24F2O5S/c1-2-30-22(27)13-16-9-11-23(12-10-16,20-14-18(24)5-8-21(20)25)31(28,29)19-6-3-17(15-26)4-7-19/h3-8,14-16H,2,9-13H2,1H3. The van der Waals surface area contributed by atoms with Crippen LogP contribution in [0.2, 0.25) is 0 Å². The molecule has 5 nitrogen and oxygen atoms in total. The third-order valence-corrected chi connectivity index (χ3v) is 8.48. The molecule has 0 unspecified atom stereocenters. The predicted octanol–water partition coefficient (Wildman–Crippen LogP) is 4.59. The fraction of sp³-hybridized carbons (Fsp3) is 0.391. The van der Waals surface area contributed by atoms with Gasteiger partial charge in [-0.15, -0.1) is 0 Å². The minimum atomic E-state index is -4.14. The predicted molar refractivity (Wildman–Crippen MR) is 110 cm³/mol. The van der Waals surface area contributed by atoms with Crippen molar-refractivity contribution >= 4 is 22.1 Å². The summed E-state index contributed by atoms with van der Waals surface area (Å²) in [6.07, 6.45) is 1.52. The maximum absolute atomic E-state index is 14.8. The highest BCUT2D eigenvalue weighted by molar-refractivity contribution is 7.92. The second kappa shape index (κ2) is 9.26. The molecule has 0 N–H and O–H groups in total. The molecule has 1 saturated carbocycles. The number of sulfone groups is 1. The van der Waals surface area contributed by atoms with Crippen molar-refractivity contribution in [3.05, 3.63) is 65.2 Å². The second-order valence-electron chi connectivity index (χ2n) is 7.76. The van der Waals surface area contributed by atoms with E-state index in [9.17, 15) is 26.8 Å². The number of benzene rings is 2.